The van der Waals surface area contributed by atoms with Crippen LogP contribution in [0.25, 0.3) is 10.9 Å². The molecule has 180 valence electrons. The molecule has 34 heavy (non-hydrogen) atoms. The summed E-state index contributed by atoms with van der Waals surface area (Å²) in [6, 6.07) is 13.8. The van der Waals surface area contributed by atoms with Gasteiger partial charge in [-0.15, -0.1) is 0 Å². The Morgan fingerprint density at radius 3 is 2.53 bits per heavy atom. The molecule has 1 N–H and O–H groups in total. The van der Waals surface area contributed by atoms with E-state index in [0.29, 0.717) is 6.42 Å². The molecule has 0 radical (unpaired) electrons. The van der Waals surface area contributed by atoms with E-state index in [4.69, 9.17) is 4.74 Å². The number of alkyl halides is 3. The highest BCUT2D eigenvalue weighted by molar-refractivity contribution is 8.00. The van der Waals surface area contributed by atoms with Gasteiger partial charge >= 0.3 is 12.1 Å². The van der Waals surface area contributed by atoms with Crippen LogP contribution in [-0.2, 0) is 22.5 Å². The van der Waals surface area contributed by atoms with Crippen molar-refractivity contribution in [1.82, 2.24) is 14.9 Å². The van der Waals surface area contributed by atoms with Crippen LogP contribution in [0.5, 0.6) is 0 Å². The lowest BCUT2D eigenvalue weighted by Crippen LogP contribution is -2.38. The molecule has 1 heterocycles. The highest BCUT2D eigenvalue weighted by Gasteiger charge is 2.29. The Morgan fingerprint density at radius 1 is 1.18 bits per heavy atom. The number of halogens is 3. The van der Waals surface area contributed by atoms with Crippen LogP contribution in [0.2, 0.25) is 0 Å². The molecular weight excluding hydrogens is 471 g/mol. The number of aryl methyl sites for hydroxylation is 1. The molecule has 1 amide bonds. The number of carbonyl (C=O) groups excluding carboxylic acids is 2. The van der Waals surface area contributed by atoms with Crippen molar-refractivity contribution in [1.29, 1.82) is 0 Å². The maximum atomic E-state index is 13.3. The molecule has 3 aromatic rings. The molecule has 1 unspecified atom stereocenters. The second-order valence-electron chi connectivity index (χ2n) is 7.40. The normalized spacial score (nSPS) is 12.4. The van der Waals surface area contributed by atoms with Crippen LogP contribution < -0.4 is 10.9 Å². The number of carbonyl (C=O) groups is 2. The van der Waals surface area contributed by atoms with Crippen molar-refractivity contribution in [2.24, 2.45) is 0 Å². The number of thioether (sulfide) groups is 1. The first kappa shape index (κ1) is 25.3. The summed E-state index contributed by atoms with van der Waals surface area (Å²) in [5.41, 5.74) is 0.996. The third kappa shape index (κ3) is 6.37. The Kier molecular flexibility index (Phi) is 7.98. The Morgan fingerprint density at radius 2 is 1.88 bits per heavy atom. The van der Waals surface area contributed by atoms with Crippen LogP contribution >= 0.6 is 11.8 Å². The predicted octanol–water partition coefficient (Wildman–Crippen LogP) is 3.58. The van der Waals surface area contributed by atoms with Crippen molar-refractivity contribution in [2.45, 2.75) is 36.5 Å². The molecule has 2 aromatic carbocycles. The van der Waals surface area contributed by atoms with Crippen molar-refractivity contribution in [2.75, 3.05) is 13.7 Å². The van der Waals surface area contributed by atoms with Crippen molar-refractivity contribution < 1.29 is 27.5 Å². The Bertz CT molecular complexity index is 1250. The number of hydrogen-bond donors (Lipinski definition) is 1. The fourth-order valence-electron chi connectivity index (χ4n) is 3.16. The minimum Gasteiger partial charge on any atom is -0.465 e. The maximum Gasteiger partial charge on any atom is 0.405 e. The first-order valence-electron chi connectivity index (χ1n) is 10.3. The topological polar surface area (TPSA) is 90.3 Å². The second kappa shape index (κ2) is 10.7. The highest BCUT2D eigenvalue weighted by atomic mass is 32.2. The van der Waals surface area contributed by atoms with E-state index in [1.54, 1.807) is 0 Å². The summed E-state index contributed by atoms with van der Waals surface area (Å²) >= 11 is 0.869. The van der Waals surface area contributed by atoms with Crippen molar-refractivity contribution in [3.8, 4) is 0 Å². The third-order valence-electron chi connectivity index (χ3n) is 4.92. The lowest BCUT2D eigenvalue weighted by Gasteiger charge is -2.17. The molecule has 0 aliphatic rings. The smallest absolute Gasteiger partial charge is 0.405 e. The second-order valence-corrected chi connectivity index (χ2v) is 8.71. The summed E-state index contributed by atoms with van der Waals surface area (Å²) < 4.78 is 43.5. The van der Waals surface area contributed by atoms with Gasteiger partial charge in [-0.3, -0.25) is 14.2 Å². The first-order chi connectivity index (χ1) is 16.1. The zero-order chi connectivity index (χ0) is 24.9. The number of nitrogens with one attached hydrogen (secondary N) is 1. The van der Waals surface area contributed by atoms with Crippen LogP contribution in [0, 0.1) is 0 Å². The number of methoxy groups -OCH3 is 1. The van der Waals surface area contributed by atoms with Crippen LogP contribution in [0.4, 0.5) is 13.2 Å². The molecule has 0 spiro atoms. The molecule has 0 fully saturated rings. The van der Waals surface area contributed by atoms with Crippen LogP contribution in [0.3, 0.4) is 0 Å². The zero-order valence-electron chi connectivity index (χ0n) is 18.4. The van der Waals surface area contributed by atoms with E-state index in [1.165, 1.54) is 36.8 Å². The lowest BCUT2D eigenvalue weighted by molar-refractivity contribution is -0.137. The van der Waals surface area contributed by atoms with E-state index >= 15 is 0 Å². The highest BCUT2D eigenvalue weighted by Crippen LogP contribution is 2.24. The van der Waals surface area contributed by atoms with E-state index in [2.05, 4.69) is 4.98 Å². The van der Waals surface area contributed by atoms with E-state index in [1.807, 2.05) is 35.6 Å². The maximum absolute atomic E-state index is 13.3. The fraction of sp³-hybridized carbons (Fsp3) is 0.304. The van der Waals surface area contributed by atoms with Crippen molar-refractivity contribution >= 4 is 34.5 Å². The van der Waals surface area contributed by atoms with Gasteiger partial charge in [-0.05, 0) is 37.1 Å². The summed E-state index contributed by atoms with van der Waals surface area (Å²) in [6.45, 7) is 0.216. The minimum absolute atomic E-state index is 0.158. The number of aromatic nitrogens is 2. The van der Waals surface area contributed by atoms with Gasteiger partial charge in [0, 0.05) is 6.54 Å². The quantitative estimate of drug-likeness (QED) is 0.293. The molecular formula is C23H22F3N3O4S. The number of ether oxygens (including phenoxy) is 1. The molecule has 1 atom stereocenters. The van der Waals surface area contributed by atoms with Gasteiger partial charge in [0.25, 0.3) is 5.56 Å². The van der Waals surface area contributed by atoms with E-state index < -0.39 is 29.8 Å². The van der Waals surface area contributed by atoms with E-state index in [-0.39, 0.29) is 33.7 Å². The standard InChI is InChI=1S/C23H22F3N3O4S/c1-14(19(30)27-13-23(24,25)26)34-22-28-18-12-16(21(32)33-2)8-9-17(18)20(31)29(22)11-10-15-6-4-3-5-7-15/h3-9,12,14H,10-11,13H2,1-2H3,(H,27,30). The number of hydrogen-bond acceptors (Lipinski definition) is 6. The fourth-order valence-corrected chi connectivity index (χ4v) is 4.12. The number of esters is 1. The lowest BCUT2D eigenvalue weighted by atomic mass is 10.1. The molecule has 0 saturated carbocycles. The molecule has 0 bridgehead atoms. The number of nitrogens with zero attached hydrogens (tertiary/aromatic N) is 2. The summed E-state index contributed by atoms with van der Waals surface area (Å²) in [5.74, 6) is -1.44. The van der Waals surface area contributed by atoms with Gasteiger partial charge in [0.05, 0.1) is 28.8 Å². The third-order valence-corrected chi connectivity index (χ3v) is 6.01. The predicted molar refractivity (Wildman–Crippen MR) is 122 cm³/mol. The van der Waals surface area contributed by atoms with Gasteiger partial charge in [0.1, 0.15) is 6.54 Å². The zero-order valence-corrected chi connectivity index (χ0v) is 19.2. The van der Waals surface area contributed by atoms with Crippen LogP contribution in [0.15, 0.2) is 58.5 Å². The van der Waals surface area contributed by atoms with E-state index in [0.717, 1.165) is 17.3 Å². The largest absolute Gasteiger partial charge is 0.465 e. The van der Waals surface area contributed by atoms with Crippen LogP contribution in [0.1, 0.15) is 22.8 Å². The van der Waals surface area contributed by atoms with Gasteiger partial charge in [-0.1, -0.05) is 42.1 Å². The Balaban J connectivity index is 1.97. The Hall–Kier alpha value is -3.34. The Labute approximate surface area is 197 Å². The number of fused-ring (bicyclic) bond motifs is 1. The number of benzene rings is 2. The molecule has 11 heteroatoms. The molecule has 1 aromatic heterocycles. The monoisotopic (exact) mass is 493 g/mol. The molecule has 3 rings (SSSR count). The molecule has 0 saturated heterocycles. The molecule has 7 nitrogen and oxygen atoms in total. The summed E-state index contributed by atoms with van der Waals surface area (Å²) in [6.07, 6.45) is -4.04. The average Bonchev–Trinajstić information content (AvgIpc) is 2.81. The minimum atomic E-state index is -4.54. The van der Waals surface area contributed by atoms with Gasteiger partial charge < -0.3 is 10.1 Å². The van der Waals surface area contributed by atoms with Crippen LogP contribution in [-0.4, -0.2) is 46.5 Å². The van der Waals surface area contributed by atoms with Gasteiger partial charge in [0.15, 0.2) is 5.16 Å². The first-order valence-corrected chi connectivity index (χ1v) is 11.1. The van der Waals surface area contributed by atoms with Crippen molar-refractivity contribution in [3.05, 3.63) is 70.0 Å². The van der Waals surface area contributed by atoms with E-state index in [9.17, 15) is 27.6 Å². The van der Waals surface area contributed by atoms with Gasteiger partial charge in [0.2, 0.25) is 5.91 Å². The summed E-state index contributed by atoms with van der Waals surface area (Å²) in [4.78, 5) is 41.8. The SMILES string of the molecule is COC(=O)c1ccc2c(=O)n(CCc3ccccc3)c(SC(C)C(=O)NCC(F)(F)F)nc2c1. The van der Waals surface area contributed by atoms with Gasteiger partial charge in [-0.25, -0.2) is 9.78 Å². The summed E-state index contributed by atoms with van der Waals surface area (Å²) in [7, 11) is 1.23. The van der Waals surface area contributed by atoms with Gasteiger partial charge in [-0.2, -0.15) is 13.2 Å². The molecule has 0 aliphatic heterocycles. The summed E-state index contributed by atoms with van der Waals surface area (Å²) in [5, 5.41) is 1.30. The average molecular weight is 494 g/mol. The number of amides is 1. The van der Waals surface area contributed by atoms with Crippen molar-refractivity contribution in [3.63, 3.8) is 0 Å². The number of rotatable bonds is 8. The molecule has 0 aliphatic carbocycles.